The number of hydrogen-bond donors (Lipinski definition) is 0. The van der Waals surface area contributed by atoms with Gasteiger partial charge in [0.05, 0.1) is 23.4 Å². The molecule has 0 radical (unpaired) electrons. The van der Waals surface area contributed by atoms with Gasteiger partial charge >= 0.3 is 0 Å². The van der Waals surface area contributed by atoms with E-state index >= 15 is 0 Å². The molecular formula is C21H20N2O3S. The van der Waals surface area contributed by atoms with Crippen LogP contribution in [0.3, 0.4) is 0 Å². The van der Waals surface area contributed by atoms with Crippen LogP contribution in [0.15, 0.2) is 53.5 Å². The van der Waals surface area contributed by atoms with Crippen molar-refractivity contribution in [1.29, 1.82) is 0 Å². The summed E-state index contributed by atoms with van der Waals surface area (Å²) in [7, 11) is 0. The zero-order valence-corrected chi connectivity index (χ0v) is 16.0. The minimum absolute atomic E-state index is 0.327. The average Bonchev–Trinajstić information content (AvgIpc) is 2.99. The van der Waals surface area contributed by atoms with Crippen LogP contribution >= 0.6 is 11.3 Å². The molecule has 1 heterocycles. The quantitative estimate of drug-likeness (QED) is 0.614. The van der Waals surface area contributed by atoms with Crippen molar-refractivity contribution < 1.29 is 14.3 Å². The highest BCUT2D eigenvalue weighted by atomic mass is 32.1. The van der Waals surface area contributed by atoms with E-state index in [4.69, 9.17) is 15.9 Å². The van der Waals surface area contributed by atoms with Gasteiger partial charge in [0.2, 0.25) is 0 Å². The second-order valence-electron chi connectivity index (χ2n) is 5.76. The van der Waals surface area contributed by atoms with E-state index in [1.807, 2.05) is 47.9 Å². The summed E-state index contributed by atoms with van der Waals surface area (Å²) in [4.78, 5) is 17.4. The van der Waals surface area contributed by atoms with Crippen molar-refractivity contribution in [2.24, 2.45) is 4.99 Å². The second-order valence-corrected chi connectivity index (χ2v) is 6.77. The highest BCUT2D eigenvalue weighted by Gasteiger charge is 2.15. The molecule has 1 atom stereocenters. The molecule has 3 aromatic rings. The Balaban J connectivity index is 1.94. The van der Waals surface area contributed by atoms with Gasteiger partial charge in [0.25, 0.3) is 5.91 Å². The Labute approximate surface area is 161 Å². The Bertz CT molecular complexity index is 1040. The van der Waals surface area contributed by atoms with Crippen molar-refractivity contribution in [3.05, 3.63) is 53.3 Å². The average molecular weight is 380 g/mol. The lowest BCUT2D eigenvalue weighted by Gasteiger charge is -2.10. The highest BCUT2D eigenvalue weighted by molar-refractivity contribution is 7.16. The molecule has 1 amide bonds. The molecule has 5 nitrogen and oxygen atoms in total. The molecule has 1 unspecified atom stereocenters. The maximum atomic E-state index is 12.5. The summed E-state index contributed by atoms with van der Waals surface area (Å²) in [6.45, 7) is 4.54. The molecule has 0 aliphatic rings. The molecule has 0 fully saturated rings. The van der Waals surface area contributed by atoms with Crippen LogP contribution in [0.4, 0.5) is 0 Å². The van der Waals surface area contributed by atoms with Crippen molar-refractivity contribution in [2.45, 2.75) is 26.5 Å². The van der Waals surface area contributed by atoms with Crippen molar-refractivity contribution in [3.63, 3.8) is 0 Å². The van der Waals surface area contributed by atoms with Crippen molar-refractivity contribution in [2.75, 3.05) is 6.61 Å². The Morgan fingerprint density at radius 1 is 1.26 bits per heavy atom. The largest absolute Gasteiger partial charge is 0.494 e. The fourth-order valence-electron chi connectivity index (χ4n) is 2.58. The maximum Gasteiger partial charge on any atom is 0.289 e. The monoisotopic (exact) mass is 380 g/mol. The zero-order chi connectivity index (χ0) is 19.2. The van der Waals surface area contributed by atoms with Crippen molar-refractivity contribution >= 4 is 27.5 Å². The van der Waals surface area contributed by atoms with Crippen LogP contribution in [0.25, 0.3) is 10.2 Å². The third-order valence-electron chi connectivity index (χ3n) is 3.82. The minimum atomic E-state index is -0.698. The lowest BCUT2D eigenvalue weighted by Crippen LogP contribution is -2.26. The van der Waals surface area contributed by atoms with Gasteiger partial charge in [0, 0.05) is 0 Å². The third-order valence-corrected chi connectivity index (χ3v) is 4.87. The first-order valence-electron chi connectivity index (χ1n) is 8.62. The van der Waals surface area contributed by atoms with Gasteiger partial charge in [-0.2, -0.15) is 4.99 Å². The van der Waals surface area contributed by atoms with E-state index in [1.165, 1.54) is 11.3 Å². The second kappa shape index (κ2) is 8.56. The molecule has 0 aliphatic carbocycles. The summed E-state index contributed by atoms with van der Waals surface area (Å²) in [5.74, 6) is 3.66. The Kier molecular flexibility index (Phi) is 5.94. The van der Waals surface area contributed by atoms with E-state index in [1.54, 1.807) is 19.1 Å². The van der Waals surface area contributed by atoms with Crippen LogP contribution in [-0.4, -0.2) is 23.2 Å². The predicted octanol–water partition coefficient (Wildman–Crippen LogP) is 3.63. The lowest BCUT2D eigenvalue weighted by molar-refractivity contribution is -0.124. The van der Waals surface area contributed by atoms with E-state index in [0.717, 1.165) is 16.0 Å². The Hall–Kier alpha value is -3.04. The molecule has 1 aromatic heterocycles. The van der Waals surface area contributed by atoms with Gasteiger partial charge in [-0.1, -0.05) is 35.5 Å². The number of hydrogen-bond acceptors (Lipinski definition) is 4. The van der Waals surface area contributed by atoms with Gasteiger partial charge in [0.15, 0.2) is 10.9 Å². The number of ether oxygens (including phenoxy) is 2. The van der Waals surface area contributed by atoms with Crippen LogP contribution in [0.1, 0.15) is 13.8 Å². The molecule has 27 heavy (non-hydrogen) atoms. The molecule has 0 saturated heterocycles. The molecule has 3 rings (SSSR count). The van der Waals surface area contributed by atoms with Crippen LogP contribution in [-0.2, 0) is 11.3 Å². The van der Waals surface area contributed by atoms with Crippen LogP contribution in [0.2, 0.25) is 0 Å². The fraction of sp³-hybridized carbons (Fsp3) is 0.238. The van der Waals surface area contributed by atoms with Crippen molar-refractivity contribution in [1.82, 2.24) is 4.57 Å². The topological polar surface area (TPSA) is 52.8 Å². The fourth-order valence-corrected chi connectivity index (χ4v) is 3.64. The number of carbonyl (C=O) groups is 1. The van der Waals surface area contributed by atoms with Gasteiger partial charge in [-0.3, -0.25) is 4.79 Å². The van der Waals surface area contributed by atoms with Gasteiger partial charge in [-0.25, -0.2) is 0 Å². The minimum Gasteiger partial charge on any atom is -0.494 e. The van der Waals surface area contributed by atoms with Crippen LogP contribution in [0, 0.1) is 12.3 Å². The summed E-state index contributed by atoms with van der Waals surface area (Å²) < 4.78 is 14.0. The predicted molar refractivity (Wildman–Crippen MR) is 107 cm³/mol. The highest BCUT2D eigenvalue weighted by Crippen LogP contribution is 2.23. The number of amides is 1. The summed E-state index contributed by atoms with van der Waals surface area (Å²) in [6.07, 6.45) is 4.81. The Morgan fingerprint density at radius 2 is 2.04 bits per heavy atom. The molecular weight excluding hydrogens is 360 g/mol. The number of fused-ring (bicyclic) bond motifs is 1. The van der Waals surface area contributed by atoms with Crippen LogP contribution < -0.4 is 14.3 Å². The van der Waals surface area contributed by atoms with E-state index in [2.05, 4.69) is 10.9 Å². The summed E-state index contributed by atoms with van der Waals surface area (Å²) in [5.41, 5.74) is 0.921. The number of benzene rings is 2. The lowest BCUT2D eigenvalue weighted by atomic mass is 10.3. The van der Waals surface area contributed by atoms with Crippen molar-refractivity contribution in [3.8, 4) is 23.8 Å². The van der Waals surface area contributed by atoms with Gasteiger partial charge in [-0.05, 0) is 44.2 Å². The van der Waals surface area contributed by atoms with Gasteiger partial charge in [0.1, 0.15) is 11.5 Å². The number of rotatable bonds is 6. The normalized spacial score (nSPS) is 12.6. The van der Waals surface area contributed by atoms with E-state index in [0.29, 0.717) is 23.7 Å². The summed E-state index contributed by atoms with van der Waals surface area (Å²) in [6, 6.07) is 15.0. The Morgan fingerprint density at radius 3 is 2.74 bits per heavy atom. The number of terminal acetylenes is 1. The smallest absolute Gasteiger partial charge is 0.289 e. The molecule has 2 aromatic carbocycles. The third kappa shape index (κ3) is 4.39. The molecule has 0 aliphatic heterocycles. The number of thiazole rings is 1. The maximum absolute atomic E-state index is 12.5. The van der Waals surface area contributed by atoms with E-state index in [9.17, 15) is 4.79 Å². The zero-order valence-electron chi connectivity index (χ0n) is 15.2. The molecule has 0 spiro atoms. The van der Waals surface area contributed by atoms with Crippen LogP contribution in [0.5, 0.6) is 11.5 Å². The first kappa shape index (κ1) is 18.7. The molecule has 0 bridgehead atoms. The first-order valence-corrected chi connectivity index (χ1v) is 9.44. The SMILES string of the molecule is C#CCn1c(=NC(=O)C(C)Oc2ccccc2)sc2cc(OCC)ccc21. The van der Waals surface area contributed by atoms with E-state index < -0.39 is 6.10 Å². The first-order chi connectivity index (χ1) is 13.1. The molecule has 0 saturated carbocycles. The number of para-hydroxylation sites is 1. The standard InChI is InChI=1S/C21H20N2O3S/c1-4-13-23-18-12-11-17(25-5-2)14-19(18)27-21(23)22-20(24)15(3)26-16-9-7-6-8-10-16/h1,6-12,14-15H,5,13H2,2-3H3. The van der Waals surface area contributed by atoms with Gasteiger partial charge in [-0.15, -0.1) is 6.42 Å². The molecule has 138 valence electrons. The number of aromatic nitrogens is 1. The summed E-state index contributed by atoms with van der Waals surface area (Å²) >= 11 is 1.40. The molecule has 6 heteroatoms. The van der Waals surface area contributed by atoms with E-state index in [-0.39, 0.29) is 5.91 Å². The van der Waals surface area contributed by atoms with Gasteiger partial charge < -0.3 is 14.0 Å². The number of carbonyl (C=O) groups excluding carboxylic acids is 1. The number of nitrogens with zero attached hydrogens (tertiary/aromatic N) is 2. The summed E-state index contributed by atoms with van der Waals surface area (Å²) in [5, 5.41) is 0. The molecule has 0 N–H and O–H groups in total.